The monoisotopic (exact) mass is 496 g/mol. The number of unbranched alkanes of at least 4 members (excludes halogenated alkanes) is 2. The molecule has 0 aliphatic carbocycles. The van der Waals surface area contributed by atoms with Gasteiger partial charge in [-0.3, -0.25) is 9.59 Å². The third kappa shape index (κ3) is 6.23. The third-order valence-corrected chi connectivity index (χ3v) is 9.93. The number of rotatable bonds is 14. The molecular weight excluding hydrogens is 451 g/mol. The molecule has 0 atom stereocenters. The van der Waals surface area contributed by atoms with Crippen molar-refractivity contribution in [1.29, 1.82) is 0 Å². The summed E-state index contributed by atoms with van der Waals surface area (Å²) < 4.78 is 14.8. The Kier molecular flexibility index (Phi) is 11.2. The van der Waals surface area contributed by atoms with Crippen molar-refractivity contribution in [3.05, 3.63) is 68.8 Å². The van der Waals surface area contributed by atoms with Gasteiger partial charge in [0, 0.05) is 17.3 Å². The molecular formula is C31H45O3P. The zero-order valence-electron chi connectivity index (χ0n) is 23.1. The van der Waals surface area contributed by atoms with Crippen molar-refractivity contribution in [3.8, 4) is 0 Å². The van der Waals surface area contributed by atoms with Crippen molar-refractivity contribution < 1.29 is 14.2 Å². The van der Waals surface area contributed by atoms with Gasteiger partial charge < -0.3 is 4.57 Å². The minimum Gasteiger partial charge on any atom is -0.307 e. The molecule has 2 aromatic carbocycles. The Morgan fingerprint density at radius 1 is 0.571 bits per heavy atom. The topological polar surface area (TPSA) is 51.2 Å². The largest absolute Gasteiger partial charge is 0.307 e. The van der Waals surface area contributed by atoms with Crippen molar-refractivity contribution in [2.24, 2.45) is 0 Å². The lowest BCUT2D eigenvalue weighted by molar-refractivity contribution is 0.103. The van der Waals surface area contributed by atoms with E-state index in [0.29, 0.717) is 43.2 Å². The Morgan fingerprint density at radius 2 is 0.914 bits per heavy atom. The summed E-state index contributed by atoms with van der Waals surface area (Å²) in [6, 6.07) is 8.27. The van der Waals surface area contributed by atoms with E-state index < -0.39 is 18.2 Å². The van der Waals surface area contributed by atoms with E-state index in [0.717, 1.165) is 47.9 Å². The molecule has 0 heterocycles. The second-order valence-electron chi connectivity index (χ2n) is 9.48. The fraction of sp³-hybridized carbons (Fsp3) is 0.548. The van der Waals surface area contributed by atoms with Gasteiger partial charge in [-0.2, -0.15) is 0 Å². The molecule has 0 spiro atoms. The maximum Gasteiger partial charge on any atom is 0.229 e. The summed E-state index contributed by atoms with van der Waals surface area (Å²) in [5, 5.41) is 0. The van der Waals surface area contributed by atoms with Gasteiger partial charge in [-0.1, -0.05) is 85.6 Å². The summed E-state index contributed by atoms with van der Waals surface area (Å²) in [6.07, 6.45) is 7.05. The van der Waals surface area contributed by atoms with Crippen LogP contribution in [-0.4, -0.2) is 17.2 Å². The first-order valence-corrected chi connectivity index (χ1v) is 15.6. The number of hydrogen-bond acceptors (Lipinski definition) is 3. The molecule has 0 unspecified atom stereocenters. The summed E-state index contributed by atoms with van der Waals surface area (Å²) >= 11 is 0. The van der Waals surface area contributed by atoms with E-state index in [1.54, 1.807) is 0 Å². The minimum absolute atomic E-state index is 0.155. The highest BCUT2D eigenvalue weighted by Crippen LogP contribution is 2.54. The Bertz CT molecular complexity index is 967. The molecule has 0 bridgehead atoms. The maximum atomic E-state index is 14.8. The van der Waals surface area contributed by atoms with E-state index in [1.165, 1.54) is 11.1 Å². The number of hydrogen-bond donors (Lipinski definition) is 0. The van der Waals surface area contributed by atoms with E-state index in [2.05, 4.69) is 45.0 Å². The number of carbonyl (C=O) groups is 2. The standard InChI is InChI=1S/C31H45O3P/c1-8-15-16-17-35(34,30(32)28-24(11-4)18-22(9-2)19-25(28)12-5)31(33)29-26(13-6)20-23(10-3)21-27(29)14-7/h18-21H,8-17H2,1-7H3. The van der Waals surface area contributed by atoms with Crippen LogP contribution in [0.1, 0.15) is 122 Å². The fourth-order valence-electron chi connectivity index (χ4n) is 4.99. The Labute approximate surface area is 213 Å². The van der Waals surface area contributed by atoms with Gasteiger partial charge in [0.15, 0.2) is 0 Å². The van der Waals surface area contributed by atoms with E-state index in [4.69, 9.17) is 0 Å². The van der Waals surface area contributed by atoms with Crippen LogP contribution < -0.4 is 0 Å². The zero-order chi connectivity index (χ0) is 26.2. The van der Waals surface area contributed by atoms with Crippen molar-refractivity contribution in [2.45, 2.75) is 106 Å². The average molecular weight is 497 g/mol. The predicted molar refractivity (Wildman–Crippen MR) is 150 cm³/mol. The Hall–Kier alpha value is -1.99. The van der Waals surface area contributed by atoms with Crippen molar-refractivity contribution in [3.63, 3.8) is 0 Å². The van der Waals surface area contributed by atoms with Gasteiger partial charge >= 0.3 is 0 Å². The molecule has 0 aromatic heterocycles. The molecule has 0 saturated heterocycles. The van der Waals surface area contributed by atoms with Crippen LogP contribution in [0, 0.1) is 0 Å². The van der Waals surface area contributed by atoms with Crippen LogP contribution in [0.15, 0.2) is 24.3 Å². The molecule has 192 valence electrons. The highest BCUT2D eigenvalue weighted by molar-refractivity contribution is 7.95. The van der Waals surface area contributed by atoms with E-state index in [1.807, 2.05) is 27.7 Å². The lowest BCUT2D eigenvalue weighted by Gasteiger charge is -2.23. The summed E-state index contributed by atoms with van der Waals surface area (Å²) in [5.74, 6) is 0. The first-order chi connectivity index (χ1) is 16.8. The van der Waals surface area contributed by atoms with Gasteiger partial charge in [-0.15, -0.1) is 0 Å². The lowest BCUT2D eigenvalue weighted by atomic mass is 9.94. The number of benzene rings is 2. The zero-order valence-corrected chi connectivity index (χ0v) is 23.9. The molecule has 0 fully saturated rings. The Balaban J connectivity index is 2.79. The van der Waals surface area contributed by atoms with Gasteiger partial charge in [0.1, 0.15) is 0 Å². The number of aryl methyl sites for hydroxylation is 6. The lowest BCUT2D eigenvalue weighted by Crippen LogP contribution is -2.19. The van der Waals surface area contributed by atoms with Crippen LogP contribution in [-0.2, 0) is 43.1 Å². The van der Waals surface area contributed by atoms with Crippen molar-refractivity contribution in [2.75, 3.05) is 6.16 Å². The van der Waals surface area contributed by atoms with Crippen LogP contribution in [0.2, 0.25) is 0 Å². The van der Waals surface area contributed by atoms with E-state index >= 15 is 0 Å². The molecule has 0 aliphatic rings. The molecule has 0 amide bonds. The molecule has 2 aromatic rings. The molecule has 3 nitrogen and oxygen atoms in total. The van der Waals surface area contributed by atoms with Crippen LogP contribution in [0.25, 0.3) is 0 Å². The van der Waals surface area contributed by atoms with Gasteiger partial charge in [-0.05, 0) is 78.3 Å². The molecule has 4 heteroatoms. The van der Waals surface area contributed by atoms with Crippen molar-refractivity contribution in [1.82, 2.24) is 0 Å². The molecule has 0 saturated carbocycles. The molecule has 2 rings (SSSR count). The summed E-state index contributed by atoms with van der Waals surface area (Å²) in [5.41, 5.74) is 6.29. The van der Waals surface area contributed by atoms with E-state index in [9.17, 15) is 14.2 Å². The highest BCUT2D eigenvalue weighted by atomic mass is 31.2. The number of carbonyl (C=O) groups excluding carboxylic acids is 2. The molecule has 0 radical (unpaired) electrons. The predicted octanol–water partition coefficient (Wildman–Crippen LogP) is 8.59. The SMILES string of the molecule is CCCCCP(=O)(C(=O)c1c(CC)cc(CC)cc1CC)C(=O)c1c(CC)cc(CC)cc1CC. The second kappa shape index (κ2) is 13.4. The van der Waals surface area contributed by atoms with Gasteiger partial charge in [-0.25, -0.2) is 0 Å². The molecule has 0 N–H and O–H groups in total. The highest BCUT2D eigenvalue weighted by Gasteiger charge is 2.43. The van der Waals surface area contributed by atoms with Crippen LogP contribution in [0.4, 0.5) is 0 Å². The molecule has 35 heavy (non-hydrogen) atoms. The quantitative estimate of drug-likeness (QED) is 0.194. The summed E-state index contributed by atoms with van der Waals surface area (Å²) in [7, 11) is -3.86. The third-order valence-electron chi connectivity index (χ3n) is 7.22. The van der Waals surface area contributed by atoms with Crippen LogP contribution in [0.5, 0.6) is 0 Å². The van der Waals surface area contributed by atoms with E-state index in [-0.39, 0.29) is 6.16 Å². The average Bonchev–Trinajstić information content (AvgIpc) is 2.90. The second-order valence-corrected chi connectivity index (χ2v) is 12.2. The van der Waals surface area contributed by atoms with Crippen LogP contribution >= 0.6 is 7.14 Å². The van der Waals surface area contributed by atoms with Gasteiger partial charge in [0.25, 0.3) is 0 Å². The summed E-state index contributed by atoms with van der Waals surface area (Å²) in [6.45, 7) is 14.4. The maximum absolute atomic E-state index is 14.8. The van der Waals surface area contributed by atoms with Crippen molar-refractivity contribution >= 4 is 18.2 Å². The molecule has 0 aliphatic heterocycles. The first kappa shape index (κ1) is 29.2. The normalized spacial score (nSPS) is 11.6. The smallest absolute Gasteiger partial charge is 0.229 e. The first-order valence-electron chi connectivity index (χ1n) is 13.7. The fourth-order valence-corrected chi connectivity index (χ4v) is 7.55. The summed E-state index contributed by atoms with van der Waals surface area (Å²) in [4.78, 5) is 28.5. The van der Waals surface area contributed by atoms with Gasteiger partial charge in [0.2, 0.25) is 18.2 Å². The Morgan fingerprint density at radius 3 is 1.17 bits per heavy atom. The van der Waals surface area contributed by atoms with Crippen LogP contribution in [0.3, 0.4) is 0 Å². The van der Waals surface area contributed by atoms with Gasteiger partial charge in [0.05, 0.1) is 0 Å². The minimum atomic E-state index is -3.86.